The number of nitrogens with zero attached hydrogens (tertiary/aromatic N) is 1. The summed E-state index contributed by atoms with van der Waals surface area (Å²) in [6.07, 6.45) is -3.74. The molecular weight excluding hydrogens is 353 g/mol. The summed E-state index contributed by atoms with van der Waals surface area (Å²) in [5.74, 6) is -1.16. The molecule has 0 aliphatic carbocycles. The minimum Gasteiger partial charge on any atom is -0.326 e. The Bertz CT molecular complexity index is 439. The molecule has 2 rings (SSSR count). The van der Waals surface area contributed by atoms with E-state index in [4.69, 9.17) is 5.73 Å². The number of halogens is 4. The molecule has 114 valence electrons. The summed E-state index contributed by atoms with van der Waals surface area (Å²) in [5.41, 5.74) is 6.06. The molecule has 0 amide bonds. The minimum absolute atomic E-state index is 0.000448. The van der Waals surface area contributed by atoms with Gasteiger partial charge in [0.15, 0.2) is 0 Å². The second kappa shape index (κ2) is 6.34. The predicted octanol–water partition coefficient (Wildman–Crippen LogP) is 4.17. The minimum atomic E-state index is -4.07. The third-order valence-electron chi connectivity index (χ3n) is 3.77. The second-order valence-electron chi connectivity index (χ2n) is 5.30. The third-order valence-corrected chi connectivity index (χ3v) is 5.46. The SMILES string of the molecule is CC(N)C(c1ccc(Br)s1)N1CCC(C(F)(F)F)CC1. The van der Waals surface area contributed by atoms with Gasteiger partial charge in [-0.1, -0.05) is 0 Å². The maximum absolute atomic E-state index is 12.7. The molecule has 2 unspecified atom stereocenters. The maximum atomic E-state index is 12.7. The highest BCUT2D eigenvalue weighted by Crippen LogP contribution is 2.38. The van der Waals surface area contributed by atoms with E-state index in [1.54, 1.807) is 11.3 Å². The van der Waals surface area contributed by atoms with Crippen LogP contribution in [0.4, 0.5) is 13.2 Å². The molecule has 1 aliphatic rings. The highest BCUT2D eigenvalue weighted by atomic mass is 79.9. The van der Waals surface area contributed by atoms with Crippen LogP contribution in [0.15, 0.2) is 15.9 Å². The lowest BCUT2D eigenvalue weighted by molar-refractivity contribution is -0.186. The lowest BCUT2D eigenvalue weighted by atomic mass is 9.94. The smallest absolute Gasteiger partial charge is 0.326 e. The number of piperidine rings is 1. The van der Waals surface area contributed by atoms with Crippen LogP contribution in [-0.4, -0.2) is 30.2 Å². The topological polar surface area (TPSA) is 29.3 Å². The largest absolute Gasteiger partial charge is 0.391 e. The van der Waals surface area contributed by atoms with Crippen molar-refractivity contribution in [2.75, 3.05) is 13.1 Å². The van der Waals surface area contributed by atoms with Crippen molar-refractivity contribution in [3.63, 3.8) is 0 Å². The zero-order valence-electron chi connectivity index (χ0n) is 11.2. The fraction of sp³-hybridized carbons (Fsp3) is 0.692. The molecule has 2 N–H and O–H groups in total. The standard InChI is InChI=1S/C13H18BrF3N2S/c1-8(18)12(10-2-3-11(14)20-10)19-6-4-9(5-7-19)13(15,16)17/h2-3,8-9,12H,4-7,18H2,1H3. The molecule has 1 saturated heterocycles. The van der Waals surface area contributed by atoms with Crippen LogP contribution in [0.5, 0.6) is 0 Å². The van der Waals surface area contributed by atoms with Crippen LogP contribution in [-0.2, 0) is 0 Å². The fourth-order valence-electron chi connectivity index (χ4n) is 2.76. The number of rotatable bonds is 3. The Hall–Kier alpha value is -0.110. The third kappa shape index (κ3) is 3.75. The molecule has 2 nitrogen and oxygen atoms in total. The van der Waals surface area contributed by atoms with Gasteiger partial charge in [0.1, 0.15) is 0 Å². The number of hydrogen-bond donors (Lipinski definition) is 1. The van der Waals surface area contributed by atoms with Crippen molar-refractivity contribution in [2.45, 2.75) is 38.0 Å². The predicted molar refractivity (Wildman–Crippen MR) is 78.8 cm³/mol. The van der Waals surface area contributed by atoms with Crippen LogP contribution in [0.2, 0.25) is 0 Å². The number of likely N-dealkylation sites (tertiary alicyclic amines) is 1. The Morgan fingerprint density at radius 3 is 2.35 bits per heavy atom. The summed E-state index contributed by atoms with van der Waals surface area (Å²) in [7, 11) is 0. The van der Waals surface area contributed by atoms with Gasteiger partial charge in [-0.15, -0.1) is 11.3 Å². The first-order valence-electron chi connectivity index (χ1n) is 6.60. The molecule has 1 aromatic heterocycles. The molecule has 0 saturated carbocycles. The Balaban J connectivity index is 2.06. The maximum Gasteiger partial charge on any atom is 0.391 e. The van der Waals surface area contributed by atoms with E-state index in [0.29, 0.717) is 13.1 Å². The number of alkyl halides is 3. The molecule has 0 bridgehead atoms. The summed E-state index contributed by atoms with van der Waals surface area (Å²) < 4.78 is 39.1. The van der Waals surface area contributed by atoms with Crippen LogP contribution < -0.4 is 5.73 Å². The van der Waals surface area contributed by atoms with E-state index in [-0.39, 0.29) is 24.9 Å². The normalized spacial score (nSPS) is 21.9. The zero-order chi connectivity index (χ0) is 14.9. The Morgan fingerprint density at radius 1 is 1.35 bits per heavy atom. The first-order chi connectivity index (χ1) is 9.29. The van der Waals surface area contributed by atoms with E-state index in [2.05, 4.69) is 20.8 Å². The van der Waals surface area contributed by atoms with Gasteiger partial charge in [-0.25, -0.2) is 0 Å². The van der Waals surface area contributed by atoms with E-state index in [1.807, 2.05) is 19.1 Å². The van der Waals surface area contributed by atoms with Gasteiger partial charge in [-0.05, 0) is 60.9 Å². The molecule has 0 aromatic carbocycles. The van der Waals surface area contributed by atoms with Gasteiger partial charge in [0.2, 0.25) is 0 Å². The van der Waals surface area contributed by atoms with Gasteiger partial charge < -0.3 is 5.73 Å². The second-order valence-corrected chi connectivity index (χ2v) is 7.79. The summed E-state index contributed by atoms with van der Waals surface area (Å²) >= 11 is 5.02. The highest BCUT2D eigenvalue weighted by Gasteiger charge is 2.42. The summed E-state index contributed by atoms with van der Waals surface area (Å²) in [4.78, 5) is 3.20. The number of hydrogen-bond acceptors (Lipinski definition) is 3. The van der Waals surface area contributed by atoms with E-state index in [0.717, 1.165) is 8.66 Å². The fourth-order valence-corrected chi connectivity index (χ4v) is 4.44. The van der Waals surface area contributed by atoms with Crippen molar-refractivity contribution in [1.29, 1.82) is 0 Å². The van der Waals surface area contributed by atoms with Gasteiger partial charge in [0.25, 0.3) is 0 Å². The quantitative estimate of drug-likeness (QED) is 0.864. The first kappa shape index (κ1) is 16.3. The molecule has 0 radical (unpaired) electrons. The highest BCUT2D eigenvalue weighted by molar-refractivity contribution is 9.11. The van der Waals surface area contributed by atoms with Crippen molar-refractivity contribution in [1.82, 2.24) is 4.90 Å². The lowest BCUT2D eigenvalue weighted by Gasteiger charge is -2.39. The Kier molecular flexibility index (Phi) is 5.15. The van der Waals surface area contributed by atoms with Crippen LogP contribution in [0.3, 0.4) is 0 Å². The molecule has 2 atom stereocenters. The molecule has 0 spiro atoms. The Labute approximate surface area is 129 Å². The Morgan fingerprint density at radius 2 is 1.95 bits per heavy atom. The van der Waals surface area contributed by atoms with Crippen LogP contribution in [0.1, 0.15) is 30.7 Å². The van der Waals surface area contributed by atoms with Gasteiger partial charge in [-0.3, -0.25) is 4.90 Å². The zero-order valence-corrected chi connectivity index (χ0v) is 13.6. The lowest BCUT2D eigenvalue weighted by Crippen LogP contribution is -2.45. The van der Waals surface area contributed by atoms with Crippen molar-refractivity contribution in [3.8, 4) is 0 Å². The monoisotopic (exact) mass is 370 g/mol. The first-order valence-corrected chi connectivity index (χ1v) is 8.21. The van der Waals surface area contributed by atoms with Crippen LogP contribution >= 0.6 is 27.3 Å². The number of nitrogens with two attached hydrogens (primary N) is 1. The molecule has 1 aromatic rings. The van der Waals surface area contributed by atoms with Crippen LogP contribution in [0.25, 0.3) is 0 Å². The molecule has 2 heterocycles. The molecule has 7 heteroatoms. The van der Waals surface area contributed by atoms with Crippen molar-refractivity contribution in [3.05, 3.63) is 20.8 Å². The van der Waals surface area contributed by atoms with E-state index in [1.165, 1.54) is 0 Å². The van der Waals surface area contributed by atoms with E-state index >= 15 is 0 Å². The molecule has 1 fully saturated rings. The van der Waals surface area contributed by atoms with Gasteiger partial charge >= 0.3 is 6.18 Å². The van der Waals surface area contributed by atoms with Crippen molar-refractivity contribution >= 4 is 27.3 Å². The van der Waals surface area contributed by atoms with E-state index < -0.39 is 12.1 Å². The molecular formula is C13H18BrF3N2S. The van der Waals surface area contributed by atoms with Gasteiger partial charge in [-0.2, -0.15) is 13.2 Å². The van der Waals surface area contributed by atoms with Crippen LogP contribution in [0, 0.1) is 5.92 Å². The van der Waals surface area contributed by atoms with Crippen molar-refractivity contribution in [2.24, 2.45) is 11.7 Å². The van der Waals surface area contributed by atoms with Gasteiger partial charge in [0, 0.05) is 10.9 Å². The average Bonchev–Trinajstić information content (AvgIpc) is 2.75. The summed E-state index contributed by atoms with van der Waals surface area (Å²) in [5, 5.41) is 0. The van der Waals surface area contributed by atoms with Crippen molar-refractivity contribution < 1.29 is 13.2 Å². The molecule has 20 heavy (non-hydrogen) atoms. The summed E-state index contributed by atoms with van der Waals surface area (Å²) in [6, 6.07) is 3.85. The molecule has 1 aliphatic heterocycles. The van der Waals surface area contributed by atoms with E-state index in [9.17, 15) is 13.2 Å². The number of thiophene rings is 1. The summed E-state index contributed by atoms with van der Waals surface area (Å²) in [6.45, 7) is 2.81. The van der Waals surface area contributed by atoms with Gasteiger partial charge in [0.05, 0.1) is 15.7 Å². The average molecular weight is 371 g/mol.